The van der Waals surface area contributed by atoms with Crippen LogP contribution in [-0.2, 0) is 4.79 Å². The Bertz CT molecular complexity index is 438. The van der Waals surface area contributed by atoms with Gasteiger partial charge in [-0.2, -0.15) is 4.39 Å². The molecule has 0 saturated heterocycles. The Morgan fingerprint density at radius 3 is 2.76 bits per heavy atom. The van der Waals surface area contributed by atoms with E-state index in [1.54, 1.807) is 0 Å². The molecule has 0 unspecified atom stereocenters. The lowest BCUT2D eigenvalue weighted by Crippen LogP contribution is -2.29. The van der Waals surface area contributed by atoms with Gasteiger partial charge in [0.25, 0.3) is 5.91 Å². The van der Waals surface area contributed by atoms with Crippen molar-refractivity contribution in [3.63, 3.8) is 0 Å². The van der Waals surface area contributed by atoms with Gasteiger partial charge >= 0.3 is 0 Å². The molecule has 0 radical (unpaired) electrons. The molecule has 5 nitrogen and oxygen atoms in total. The quantitative estimate of drug-likeness (QED) is 0.743. The number of halogens is 2. The van der Waals surface area contributed by atoms with Gasteiger partial charge in [0.2, 0.25) is 11.9 Å². The molecule has 2 amide bonds. The number of amides is 2. The highest BCUT2D eigenvalue weighted by atomic mass is 19.2. The Morgan fingerprint density at radius 1 is 1.41 bits per heavy atom. The number of rotatable bonds is 4. The van der Waals surface area contributed by atoms with Crippen molar-refractivity contribution in [1.29, 1.82) is 0 Å². The van der Waals surface area contributed by atoms with E-state index < -0.39 is 23.2 Å². The predicted molar refractivity (Wildman–Crippen MR) is 55.2 cm³/mol. The Morgan fingerprint density at radius 2 is 2.12 bits per heavy atom. The van der Waals surface area contributed by atoms with Crippen molar-refractivity contribution in [3.05, 3.63) is 29.6 Å². The summed E-state index contributed by atoms with van der Waals surface area (Å²) in [5, 5.41) is 4.66. The maximum Gasteiger partial charge on any atom is 0.254 e. The Labute approximate surface area is 96.2 Å². The molecule has 0 bridgehead atoms. The third-order valence-corrected chi connectivity index (χ3v) is 2.01. The highest BCUT2D eigenvalue weighted by molar-refractivity contribution is 5.94. The minimum atomic E-state index is -1.33. The number of carbonyl (C=O) groups excluding carboxylic acids is 2. The van der Waals surface area contributed by atoms with Gasteiger partial charge in [-0.15, -0.1) is 0 Å². The summed E-state index contributed by atoms with van der Waals surface area (Å²) in [6, 6.07) is 1.06. The number of pyridine rings is 1. The van der Waals surface area contributed by atoms with Gasteiger partial charge in [-0.05, 0) is 6.07 Å². The molecule has 0 aliphatic rings. The second kappa shape index (κ2) is 5.88. The van der Waals surface area contributed by atoms with E-state index >= 15 is 0 Å². The van der Waals surface area contributed by atoms with Crippen molar-refractivity contribution in [3.8, 4) is 0 Å². The number of nitrogens with one attached hydrogen (secondary N) is 2. The fourth-order valence-corrected chi connectivity index (χ4v) is 1.10. The minimum Gasteiger partial charge on any atom is -0.359 e. The van der Waals surface area contributed by atoms with Crippen LogP contribution >= 0.6 is 0 Å². The van der Waals surface area contributed by atoms with E-state index in [9.17, 15) is 18.4 Å². The SMILES string of the molecule is CNC(=O)CCNC(=O)c1ccnc(F)c1F. The number of hydrogen-bond acceptors (Lipinski definition) is 3. The van der Waals surface area contributed by atoms with Gasteiger partial charge in [0.15, 0.2) is 5.82 Å². The molecular formula is C10H11F2N3O2. The van der Waals surface area contributed by atoms with Crippen LogP contribution < -0.4 is 10.6 Å². The van der Waals surface area contributed by atoms with Crippen LogP contribution in [0.3, 0.4) is 0 Å². The van der Waals surface area contributed by atoms with Crippen LogP contribution in [0.4, 0.5) is 8.78 Å². The van der Waals surface area contributed by atoms with Crippen LogP contribution in [0, 0.1) is 11.8 Å². The highest BCUT2D eigenvalue weighted by Gasteiger charge is 2.15. The minimum absolute atomic E-state index is 0.0435. The summed E-state index contributed by atoms with van der Waals surface area (Å²) in [6.07, 6.45) is 1.06. The largest absolute Gasteiger partial charge is 0.359 e. The lowest BCUT2D eigenvalue weighted by Gasteiger charge is -2.05. The van der Waals surface area contributed by atoms with Crippen molar-refractivity contribution in [2.24, 2.45) is 0 Å². The van der Waals surface area contributed by atoms with Crippen LogP contribution in [0.2, 0.25) is 0 Å². The van der Waals surface area contributed by atoms with Gasteiger partial charge in [-0.1, -0.05) is 0 Å². The zero-order chi connectivity index (χ0) is 12.8. The molecular weight excluding hydrogens is 232 g/mol. The third-order valence-electron chi connectivity index (χ3n) is 2.01. The maximum absolute atomic E-state index is 13.1. The van der Waals surface area contributed by atoms with Gasteiger partial charge in [0, 0.05) is 26.2 Å². The van der Waals surface area contributed by atoms with Crippen molar-refractivity contribution in [2.45, 2.75) is 6.42 Å². The summed E-state index contributed by atoms with van der Waals surface area (Å²) in [7, 11) is 1.46. The van der Waals surface area contributed by atoms with Gasteiger partial charge in [-0.25, -0.2) is 9.37 Å². The molecule has 0 fully saturated rings. The van der Waals surface area contributed by atoms with Crippen LogP contribution in [0.15, 0.2) is 12.3 Å². The van der Waals surface area contributed by atoms with Gasteiger partial charge in [-0.3, -0.25) is 9.59 Å². The highest BCUT2D eigenvalue weighted by Crippen LogP contribution is 2.08. The first kappa shape index (κ1) is 13.0. The standard InChI is InChI=1S/C10H11F2N3O2/c1-13-7(16)3-5-15-10(17)6-2-4-14-9(12)8(6)11/h2,4H,3,5H2,1H3,(H,13,16)(H,15,17). The van der Waals surface area contributed by atoms with E-state index in [-0.39, 0.29) is 18.9 Å². The molecule has 0 aliphatic heterocycles. The van der Waals surface area contributed by atoms with Gasteiger partial charge < -0.3 is 10.6 Å². The summed E-state index contributed by atoms with van der Waals surface area (Å²) in [6.45, 7) is 0.0435. The Kier molecular flexibility index (Phi) is 4.50. The summed E-state index contributed by atoms with van der Waals surface area (Å²) < 4.78 is 25.8. The number of carbonyl (C=O) groups is 2. The first-order valence-corrected chi connectivity index (χ1v) is 4.85. The van der Waals surface area contributed by atoms with E-state index in [2.05, 4.69) is 15.6 Å². The van der Waals surface area contributed by atoms with Crippen molar-refractivity contribution in [2.75, 3.05) is 13.6 Å². The molecule has 1 aromatic rings. The topological polar surface area (TPSA) is 71.1 Å². The van der Waals surface area contributed by atoms with Crippen molar-refractivity contribution < 1.29 is 18.4 Å². The molecule has 92 valence electrons. The van der Waals surface area contributed by atoms with Crippen molar-refractivity contribution >= 4 is 11.8 Å². The van der Waals surface area contributed by atoms with Crippen LogP contribution in [-0.4, -0.2) is 30.4 Å². The monoisotopic (exact) mass is 243 g/mol. The van der Waals surface area contributed by atoms with E-state index in [1.807, 2.05) is 0 Å². The zero-order valence-corrected chi connectivity index (χ0v) is 9.09. The average molecular weight is 243 g/mol. The first-order chi connectivity index (χ1) is 8.06. The molecule has 1 aromatic heterocycles. The molecule has 7 heteroatoms. The zero-order valence-electron chi connectivity index (χ0n) is 9.09. The second-order valence-electron chi connectivity index (χ2n) is 3.14. The van der Waals surface area contributed by atoms with Crippen molar-refractivity contribution in [1.82, 2.24) is 15.6 Å². The van der Waals surface area contributed by atoms with Crippen LogP contribution in [0.25, 0.3) is 0 Å². The molecule has 17 heavy (non-hydrogen) atoms. The van der Waals surface area contributed by atoms with Crippen LogP contribution in [0.5, 0.6) is 0 Å². The normalized spacial score (nSPS) is 9.82. The summed E-state index contributed by atoms with van der Waals surface area (Å²) in [5.74, 6) is -3.67. The second-order valence-corrected chi connectivity index (χ2v) is 3.14. The number of nitrogens with zero attached hydrogens (tertiary/aromatic N) is 1. The van der Waals surface area contributed by atoms with E-state index in [4.69, 9.17) is 0 Å². The number of aromatic nitrogens is 1. The third kappa shape index (κ3) is 3.47. The van der Waals surface area contributed by atoms with Gasteiger partial charge in [0.1, 0.15) is 0 Å². The summed E-state index contributed by atoms with van der Waals surface area (Å²) >= 11 is 0. The Hall–Kier alpha value is -2.05. The van der Waals surface area contributed by atoms with E-state index in [0.717, 1.165) is 12.3 Å². The Balaban J connectivity index is 2.59. The summed E-state index contributed by atoms with van der Waals surface area (Å²) in [5.41, 5.74) is -0.436. The fourth-order valence-electron chi connectivity index (χ4n) is 1.10. The number of hydrogen-bond donors (Lipinski definition) is 2. The smallest absolute Gasteiger partial charge is 0.254 e. The molecule has 0 aromatic carbocycles. The lowest BCUT2D eigenvalue weighted by molar-refractivity contribution is -0.120. The fraction of sp³-hybridized carbons (Fsp3) is 0.300. The molecule has 0 saturated carbocycles. The molecule has 0 aliphatic carbocycles. The lowest BCUT2D eigenvalue weighted by atomic mass is 10.2. The molecule has 1 rings (SSSR count). The average Bonchev–Trinajstić information content (AvgIpc) is 2.32. The molecule has 0 atom stereocenters. The van der Waals surface area contributed by atoms with Crippen LogP contribution in [0.1, 0.15) is 16.8 Å². The summed E-state index contributed by atoms with van der Waals surface area (Å²) in [4.78, 5) is 25.3. The van der Waals surface area contributed by atoms with Gasteiger partial charge in [0.05, 0.1) is 5.56 Å². The predicted octanol–water partition coefficient (Wildman–Crippen LogP) is 0.226. The van der Waals surface area contributed by atoms with E-state index in [0.29, 0.717) is 0 Å². The molecule has 2 N–H and O–H groups in total. The first-order valence-electron chi connectivity index (χ1n) is 4.85. The molecule has 0 spiro atoms. The maximum atomic E-state index is 13.1. The molecule has 1 heterocycles. The van der Waals surface area contributed by atoms with E-state index in [1.165, 1.54) is 7.05 Å².